The van der Waals surface area contributed by atoms with Gasteiger partial charge in [-0.2, -0.15) is 0 Å². The second kappa shape index (κ2) is 7.73. The Morgan fingerprint density at radius 2 is 2.00 bits per heavy atom. The SMILES string of the molecule is COCC[C@]1(O)CCN(Cc2ccc(-c3ccc(C)o3)cc2)C[C@H]1C. The number of hydrogen-bond acceptors (Lipinski definition) is 4. The molecule has 0 spiro atoms. The van der Waals surface area contributed by atoms with Crippen LogP contribution in [0.2, 0.25) is 0 Å². The highest BCUT2D eigenvalue weighted by molar-refractivity contribution is 5.57. The molecule has 3 rings (SSSR count). The summed E-state index contributed by atoms with van der Waals surface area (Å²) in [4.78, 5) is 2.43. The van der Waals surface area contributed by atoms with E-state index in [4.69, 9.17) is 9.15 Å². The standard InChI is InChI=1S/C21H29NO3/c1-16-14-22(12-10-21(16,23)11-13-24-3)15-18-5-7-19(8-6-18)20-9-4-17(2)25-20/h4-9,16,23H,10-15H2,1-3H3/t16-,21-/m1/s1. The summed E-state index contributed by atoms with van der Waals surface area (Å²) in [5.74, 6) is 2.10. The molecule has 0 bridgehead atoms. The van der Waals surface area contributed by atoms with Crippen LogP contribution in [-0.2, 0) is 11.3 Å². The van der Waals surface area contributed by atoms with Crippen molar-refractivity contribution in [3.63, 3.8) is 0 Å². The van der Waals surface area contributed by atoms with Gasteiger partial charge in [0.1, 0.15) is 11.5 Å². The highest BCUT2D eigenvalue weighted by atomic mass is 16.5. The fraction of sp³-hybridized carbons (Fsp3) is 0.524. The van der Waals surface area contributed by atoms with Crippen LogP contribution in [-0.4, -0.2) is 42.4 Å². The highest BCUT2D eigenvalue weighted by Gasteiger charge is 2.38. The normalized spacial score (nSPS) is 24.6. The van der Waals surface area contributed by atoms with Crippen molar-refractivity contribution in [2.75, 3.05) is 26.8 Å². The molecule has 1 N–H and O–H groups in total. The zero-order chi connectivity index (χ0) is 17.9. The van der Waals surface area contributed by atoms with Crippen LogP contribution in [0.25, 0.3) is 11.3 Å². The van der Waals surface area contributed by atoms with E-state index in [0.717, 1.165) is 49.6 Å². The van der Waals surface area contributed by atoms with Gasteiger partial charge in [-0.3, -0.25) is 4.90 Å². The van der Waals surface area contributed by atoms with Gasteiger partial charge in [0.05, 0.1) is 5.60 Å². The van der Waals surface area contributed by atoms with Gasteiger partial charge in [0, 0.05) is 38.9 Å². The van der Waals surface area contributed by atoms with Gasteiger partial charge in [-0.05, 0) is 43.4 Å². The first-order chi connectivity index (χ1) is 12.0. The molecule has 4 heteroatoms. The fourth-order valence-corrected chi connectivity index (χ4v) is 3.66. The van der Waals surface area contributed by atoms with Gasteiger partial charge in [-0.25, -0.2) is 0 Å². The largest absolute Gasteiger partial charge is 0.461 e. The van der Waals surface area contributed by atoms with E-state index >= 15 is 0 Å². The molecule has 2 heterocycles. The smallest absolute Gasteiger partial charge is 0.134 e. The van der Waals surface area contributed by atoms with Crippen LogP contribution >= 0.6 is 0 Å². The molecule has 1 fully saturated rings. The molecule has 4 nitrogen and oxygen atoms in total. The van der Waals surface area contributed by atoms with Crippen molar-refractivity contribution in [3.8, 4) is 11.3 Å². The minimum Gasteiger partial charge on any atom is -0.461 e. The van der Waals surface area contributed by atoms with Gasteiger partial charge >= 0.3 is 0 Å². The van der Waals surface area contributed by atoms with Gasteiger partial charge in [0.2, 0.25) is 0 Å². The fourth-order valence-electron chi connectivity index (χ4n) is 3.66. The molecule has 2 aromatic rings. The Morgan fingerprint density at radius 1 is 1.24 bits per heavy atom. The number of furan rings is 1. The van der Waals surface area contributed by atoms with Crippen molar-refractivity contribution >= 4 is 0 Å². The van der Waals surface area contributed by atoms with Crippen LogP contribution in [0.1, 0.15) is 31.1 Å². The number of nitrogens with zero attached hydrogens (tertiary/aromatic N) is 1. The van der Waals surface area contributed by atoms with Gasteiger partial charge in [-0.1, -0.05) is 31.2 Å². The lowest BCUT2D eigenvalue weighted by atomic mass is 9.80. The topological polar surface area (TPSA) is 45.8 Å². The van der Waals surface area contributed by atoms with E-state index in [1.54, 1.807) is 7.11 Å². The molecule has 25 heavy (non-hydrogen) atoms. The Bertz CT molecular complexity index is 679. The summed E-state index contributed by atoms with van der Waals surface area (Å²) in [6.07, 6.45) is 1.52. The number of hydrogen-bond donors (Lipinski definition) is 1. The van der Waals surface area contributed by atoms with Crippen LogP contribution in [0, 0.1) is 12.8 Å². The summed E-state index contributed by atoms with van der Waals surface area (Å²) < 4.78 is 10.8. The molecule has 1 aliphatic heterocycles. The minimum atomic E-state index is -0.590. The molecule has 2 atom stereocenters. The summed E-state index contributed by atoms with van der Waals surface area (Å²) in [5, 5.41) is 10.8. The van der Waals surface area contributed by atoms with Crippen molar-refractivity contribution in [2.24, 2.45) is 5.92 Å². The van der Waals surface area contributed by atoms with E-state index in [1.807, 2.05) is 19.1 Å². The summed E-state index contributed by atoms with van der Waals surface area (Å²) in [7, 11) is 1.69. The van der Waals surface area contributed by atoms with Crippen molar-refractivity contribution < 1.29 is 14.3 Å². The Balaban J connectivity index is 1.58. The molecular weight excluding hydrogens is 314 g/mol. The maximum atomic E-state index is 10.8. The van der Waals surface area contributed by atoms with E-state index in [2.05, 4.69) is 36.1 Å². The molecular formula is C21H29NO3. The number of likely N-dealkylation sites (tertiary alicyclic amines) is 1. The molecule has 0 radical (unpaired) electrons. The molecule has 1 aromatic heterocycles. The number of rotatable bonds is 6. The summed E-state index contributed by atoms with van der Waals surface area (Å²) >= 11 is 0. The molecule has 1 aliphatic rings. The lowest BCUT2D eigenvalue weighted by molar-refractivity contribution is -0.0827. The number of aryl methyl sites for hydroxylation is 1. The molecule has 136 valence electrons. The molecule has 0 aliphatic carbocycles. The first-order valence-corrected chi connectivity index (χ1v) is 9.09. The third-order valence-corrected chi connectivity index (χ3v) is 5.43. The van der Waals surface area contributed by atoms with Crippen LogP contribution in [0.5, 0.6) is 0 Å². The summed E-state index contributed by atoms with van der Waals surface area (Å²) in [6.45, 7) is 7.48. The predicted octanol–water partition coefficient (Wildman–Crippen LogP) is 3.86. The zero-order valence-corrected chi connectivity index (χ0v) is 15.5. The average Bonchev–Trinajstić information content (AvgIpc) is 3.04. The monoisotopic (exact) mass is 343 g/mol. The number of methoxy groups -OCH3 is 1. The average molecular weight is 343 g/mol. The van der Waals surface area contributed by atoms with Crippen molar-refractivity contribution in [3.05, 3.63) is 47.7 Å². The van der Waals surface area contributed by atoms with Crippen LogP contribution in [0.3, 0.4) is 0 Å². The van der Waals surface area contributed by atoms with E-state index in [-0.39, 0.29) is 5.92 Å². The summed E-state index contributed by atoms with van der Waals surface area (Å²) in [6, 6.07) is 12.6. The van der Waals surface area contributed by atoms with Gasteiger partial charge in [-0.15, -0.1) is 0 Å². The number of ether oxygens (including phenoxy) is 1. The number of piperidine rings is 1. The Labute approximate surface area is 150 Å². The van der Waals surface area contributed by atoms with E-state index in [9.17, 15) is 5.11 Å². The van der Waals surface area contributed by atoms with E-state index in [0.29, 0.717) is 6.61 Å². The molecule has 0 unspecified atom stereocenters. The molecule has 0 saturated carbocycles. The Hall–Kier alpha value is -1.62. The van der Waals surface area contributed by atoms with Crippen molar-refractivity contribution in [2.45, 2.75) is 38.8 Å². The van der Waals surface area contributed by atoms with Crippen LogP contribution < -0.4 is 0 Å². The lowest BCUT2D eigenvalue weighted by Crippen LogP contribution is -2.50. The van der Waals surface area contributed by atoms with Gasteiger partial charge in [0.25, 0.3) is 0 Å². The van der Waals surface area contributed by atoms with Crippen molar-refractivity contribution in [1.82, 2.24) is 4.90 Å². The first-order valence-electron chi connectivity index (χ1n) is 9.09. The third-order valence-electron chi connectivity index (χ3n) is 5.43. The second-order valence-electron chi connectivity index (χ2n) is 7.34. The van der Waals surface area contributed by atoms with Crippen molar-refractivity contribution in [1.29, 1.82) is 0 Å². The predicted molar refractivity (Wildman–Crippen MR) is 99.4 cm³/mol. The highest BCUT2D eigenvalue weighted by Crippen LogP contribution is 2.32. The van der Waals surface area contributed by atoms with Crippen LogP contribution in [0.4, 0.5) is 0 Å². The summed E-state index contributed by atoms with van der Waals surface area (Å²) in [5.41, 5.74) is 1.81. The third kappa shape index (κ3) is 4.32. The maximum Gasteiger partial charge on any atom is 0.134 e. The molecule has 0 amide bonds. The van der Waals surface area contributed by atoms with E-state index < -0.39 is 5.60 Å². The van der Waals surface area contributed by atoms with Gasteiger partial charge < -0.3 is 14.3 Å². The maximum absolute atomic E-state index is 10.8. The van der Waals surface area contributed by atoms with E-state index in [1.165, 1.54) is 5.56 Å². The second-order valence-corrected chi connectivity index (χ2v) is 7.34. The zero-order valence-electron chi connectivity index (χ0n) is 15.5. The van der Waals surface area contributed by atoms with Crippen LogP contribution in [0.15, 0.2) is 40.8 Å². The Kier molecular flexibility index (Phi) is 5.62. The number of benzene rings is 1. The number of aliphatic hydroxyl groups is 1. The first kappa shape index (κ1) is 18.2. The molecule has 1 saturated heterocycles. The van der Waals surface area contributed by atoms with Gasteiger partial charge in [0.15, 0.2) is 0 Å². The molecule has 1 aromatic carbocycles. The Morgan fingerprint density at radius 3 is 2.60 bits per heavy atom. The lowest BCUT2D eigenvalue weighted by Gasteiger charge is -2.43. The quantitative estimate of drug-likeness (QED) is 0.865. The minimum absolute atomic E-state index is 0.252.